The quantitative estimate of drug-likeness (QED) is 0.634. The highest BCUT2D eigenvalue weighted by Gasteiger charge is 2.29. The summed E-state index contributed by atoms with van der Waals surface area (Å²) in [6.45, 7) is 0.111. The van der Waals surface area contributed by atoms with Crippen molar-refractivity contribution in [3.05, 3.63) is 34.1 Å². The molecular formula is C11H12FN3O5S. The molecule has 1 saturated heterocycles. The maximum Gasteiger partial charge on any atom is 0.304 e. The fourth-order valence-electron chi connectivity index (χ4n) is 1.93. The average molecular weight is 317 g/mol. The Morgan fingerprint density at radius 1 is 1.38 bits per heavy atom. The third-order valence-electron chi connectivity index (χ3n) is 2.98. The van der Waals surface area contributed by atoms with Gasteiger partial charge in [-0.3, -0.25) is 14.9 Å². The molecule has 1 aromatic rings. The minimum atomic E-state index is -4.07. The van der Waals surface area contributed by atoms with Crippen LogP contribution in [-0.2, 0) is 14.8 Å². The lowest BCUT2D eigenvalue weighted by Crippen LogP contribution is -2.37. The van der Waals surface area contributed by atoms with E-state index >= 15 is 0 Å². The summed E-state index contributed by atoms with van der Waals surface area (Å²) >= 11 is 0. The predicted octanol–water partition coefficient (Wildman–Crippen LogP) is 0.244. The van der Waals surface area contributed by atoms with Gasteiger partial charge >= 0.3 is 5.69 Å². The summed E-state index contributed by atoms with van der Waals surface area (Å²) in [5.41, 5.74) is -0.803. The molecule has 0 radical (unpaired) electrons. The van der Waals surface area contributed by atoms with Crippen molar-refractivity contribution in [3.8, 4) is 0 Å². The molecule has 10 heteroatoms. The third kappa shape index (κ3) is 3.16. The lowest BCUT2D eigenvalue weighted by molar-refractivity contribution is -0.387. The lowest BCUT2D eigenvalue weighted by Gasteiger charge is -2.18. The molecule has 114 valence electrons. The van der Waals surface area contributed by atoms with Crippen LogP contribution in [0.4, 0.5) is 10.1 Å². The topological polar surface area (TPSA) is 110 Å². The van der Waals surface area contributed by atoms with E-state index in [0.29, 0.717) is 19.0 Å². The normalized spacial score (nSPS) is 17.1. The van der Waals surface area contributed by atoms with Crippen molar-refractivity contribution in [3.63, 3.8) is 0 Å². The largest absolute Gasteiger partial charge is 0.355 e. The first-order chi connectivity index (χ1) is 9.82. The highest BCUT2D eigenvalue weighted by molar-refractivity contribution is 7.89. The Labute approximate surface area is 119 Å². The highest BCUT2D eigenvalue weighted by atomic mass is 32.2. The number of amides is 1. The van der Waals surface area contributed by atoms with Crippen LogP contribution in [0, 0.1) is 15.9 Å². The fourth-order valence-corrected chi connectivity index (χ4v) is 3.38. The molecule has 21 heavy (non-hydrogen) atoms. The molecule has 8 nitrogen and oxygen atoms in total. The van der Waals surface area contributed by atoms with Crippen LogP contribution < -0.4 is 5.32 Å². The number of nitrogens with zero attached hydrogens (tertiary/aromatic N) is 2. The lowest BCUT2D eigenvalue weighted by atomic mass is 10.3. The number of hydrogen-bond donors (Lipinski definition) is 1. The van der Waals surface area contributed by atoms with E-state index in [9.17, 15) is 27.7 Å². The van der Waals surface area contributed by atoms with Gasteiger partial charge in [0.05, 0.1) is 16.4 Å². The summed E-state index contributed by atoms with van der Waals surface area (Å²) in [6, 6.07) is 2.34. The number of carbonyl (C=O) groups excluding carboxylic acids is 1. The van der Waals surface area contributed by atoms with Crippen LogP contribution in [-0.4, -0.2) is 43.2 Å². The van der Waals surface area contributed by atoms with E-state index in [1.54, 1.807) is 0 Å². The molecule has 1 N–H and O–H groups in total. The zero-order valence-corrected chi connectivity index (χ0v) is 11.6. The summed E-state index contributed by atoms with van der Waals surface area (Å²) in [5, 5.41) is 13.1. The molecule has 1 amide bonds. The Kier molecular flexibility index (Phi) is 4.19. The van der Waals surface area contributed by atoms with Gasteiger partial charge in [-0.1, -0.05) is 0 Å². The van der Waals surface area contributed by atoms with Crippen molar-refractivity contribution in [1.82, 2.24) is 9.62 Å². The van der Waals surface area contributed by atoms with Crippen LogP contribution in [0.25, 0.3) is 0 Å². The minimum absolute atomic E-state index is 0.111. The van der Waals surface area contributed by atoms with Crippen LogP contribution >= 0.6 is 0 Å². The summed E-state index contributed by atoms with van der Waals surface area (Å²) in [7, 11) is -4.07. The van der Waals surface area contributed by atoms with E-state index in [4.69, 9.17) is 0 Å². The van der Waals surface area contributed by atoms with E-state index in [-0.39, 0.29) is 13.1 Å². The van der Waals surface area contributed by atoms with Crippen LogP contribution in [0.2, 0.25) is 0 Å². The van der Waals surface area contributed by atoms with Gasteiger partial charge in [-0.05, 0) is 12.5 Å². The Bertz CT molecular complexity index is 691. The van der Waals surface area contributed by atoms with Gasteiger partial charge in [-0.25, -0.2) is 8.42 Å². The number of nitrogens with one attached hydrogen (secondary N) is 1. The molecule has 0 atom stereocenters. The van der Waals surface area contributed by atoms with Gasteiger partial charge in [0.15, 0.2) is 0 Å². The molecule has 1 aliphatic heterocycles. The van der Waals surface area contributed by atoms with Crippen LogP contribution in [0.5, 0.6) is 0 Å². The van der Waals surface area contributed by atoms with Crippen molar-refractivity contribution < 1.29 is 22.5 Å². The van der Waals surface area contributed by atoms with Gasteiger partial charge < -0.3 is 5.32 Å². The first kappa shape index (κ1) is 15.3. The predicted molar refractivity (Wildman–Crippen MR) is 69.4 cm³/mol. The van der Waals surface area contributed by atoms with Crippen molar-refractivity contribution in [2.24, 2.45) is 0 Å². The molecule has 0 bridgehead atoms. The monoisotopic (exact) mass is 317 g/mol. The molecule has 0 aromatic heterocycles. The van der Waals surface area contributed by atoms with Crippen LogP contribution in [0.3, 0.4) is 0 Å². The van der Waals surface area contributed by atoms with Crippen molar-refractivity contribution >= 4 is 21.6 Å². The average Bonchev–Trinajstić information content (AvgIpc) is 2.63. The van der Waals surface area contributed by atoms with Gasteiger partial charge in [-0.2, -0.15) is 8.70 Å². The van der Waals surface area contributed by atoms with Crippen molar-refractivity contribution in [2.75, 3.05) is 19.6 Å². The Morgan fingerprint density at radius 3 is 2.71 bits per heavy atom. The second kappa shape index (κ2) is 5.74. The summed E-state index contributed by atoms with van der Waals surface area (Å²) in [5.74, 6) is -1.68. The zero-order valence-electron chi connectivity index (χ0n) is 10.8. The zero-order chi connectivity index (χ0) is 15.6. The summed E-state index contributed by atoms with van der Waals surface area (Å²) in [6.07, 6.45) is 0.431. The van der Waals surface area contributed by atoms with Crippen LogP contribution in [0.1, 0.15) is 6.42 Å². The van der Waals surface area contributed by atoms with Crippen LogP contribution in [0.15, 0.2) is 23.1 Å². The maximum absolute atomic E-state index is 13.6. The first-order valence-corrected chi connectivity index (χ1v) is 7.47. The highest BCUT2D eigenvalue weighted by Crippen LogP contribution is 2.23. The van der Waals surface area contributed by atoms with Gasteiger partial charge in [0, 0.05) is 25.2 Å². The number of rotatable bonds is 3. The van der Waals surface area contributed by atoms with E-state index in [1.807, 2.05) is 0 Å². The Morgan fingerprint density at radius 2 is 2.10 bits per heavy atom. The molecule has 1 aromatic carbocycles. The van der Waals surface area contributed by atoms with Crippen molar-refractivity contribution in [1.29, 1.82) is 0 Å². The minimum Gasteiger partial charge on any atom is -0.355 e. The number of nitro groups is 1. The Balaban J connectivity index is 2.37. The van der Waals surface area contributed by atoms with Gasteiger partial charge in [-0.15, -0.1) is 0 Å². The standard InChI is InChI=1S/C11H12FN3O5S/c12-9-6-8(2-3-10(9)15(17)18)21(19,20)14-5-1-4-13-11(16)7-14/h2-3,6H,1,4-5,7H2,(H,13,16). The molecule has 0 aliphatic carbocycles. The molecule has 0 spiro atoms. The number of hydrogen-bond acceptors (Lipinski definition) is 5. The number of carbonyl (C=O) groups is 1. The maximum atomic E-state index is 13.6. The van der Waals surface area contributed by atoms with Gasteiger partial charge in [0.25, 0.3) is 0 Å². The van der Waals surface area contributed by atoms with Gasteiger partial charge in [0.2, 0.25) is 21.7 Å². The summed E-state index contributed by atoms with van der Waals surface area (Å²) < 4.78 is 39.1. The fraction of sp³-hybridized carbons (Fsp3) is 0.364. The van der Waals surface area contributed by atoms with E-state index < -0.39 is 37.3 Å². The number of sulfonamides is 1. The molecule has 0 unspecified atom stereocenters. The molecular weight excluding hydrogens is 305 g/mol. The Hall–Kier alpha value is -2.07. The molecule has 1 heterocycles. The first-order valence-electron chi connectivity index (χ1n) is 6.03. The SMILES string of the molecule is O=C1CN(S(=O)(=O)c2ccc([N+](=O)[O-])c(F)c2)CCCN1. The van der Waals surface area contributed by atoms with Crippen molar-refractivity contribution in [2.45, 2.75) is 11.3 Å². The number of nitro benzene ring substituents is 1. The van der Waals surface area contributed by atoms with E-state index in [0.717, 1.165) is 16.4 Å². The van der Waals surface area contributed by atoms with E-state index in [2.05, 4.69) is 5.32 Å². The smallest absolute Gasteiger partial charge is 0.304 e. The molecule has 2 rings (SSSR count). The second-order valence-electron chi connectivity index (χ2n) is 4.41. The van der Waals surface area contributed by atoms with Gasteiger partial charge in [0.1, 0.15) is 0 Å². The van der Waals surface area contributed by atoms with E-state index in [1.165, 1.54) is 0 Å². The number of halogens is 1. The third-order valence-corrected chi connectivity index (χ3v) is 4.82. The molecule has 0 saturated carbocycles. The molecule has 1 aliphatic rings. The second-order valence-corrected chi connectivity index (χ2v) is 6.35. The molecule has 1 fully saturated rings. The number of benzene rings is 1. The summed E-state index contributed by atoms with van der Waals surface area (Å²) in [4.78, 5) is 20.6.